The fourth-order valence-electron chi connectivity index (χ4n) is 0.588. The molecule has 0 aliphatic carbocycles. The van der Waals surface area contributed by atoms with Gasteiger partial charge in [0, 0.05) is 19.8 Å². The number of nitrogens with one attached hydrogen (secondary N) is 1. The molecule has 0 saturated heterocycles. The summed E-state index contributed by atoms with van der Waals surface area (Å²) < 4.78 is 10.0. The lowest BCUT2D eigenvalue weighted by Crippen LogP contribution is -2.33. The fraction of sp³-hybridized carbons (Fsp3) is 1.00. The Balaban J connectivity index is 2.89. The molecule has 0 heterocycles. The van der Waals surface area contributed by atoms with Crippen LogP contribution < -0.4 is 11.3 Å². The van der Waals surface area contributed by atoms with Crippen LogP contribution in [0.5, 0.6) is 0 Å². The maximum atomic E-state index is 5.23. The molecule has 0 aromatic carbocycles. The van der Waals surface area contributed by atoms with Crippen molar-refractivity contribution in [3.63, 3.8) is 0 Å². The first-order chi connectivity index (χ1) is 5.31. The zero-order chi connectivity index (χ0) is 8.53. The van der Waals surface area contributed by atoms with Crippen LogP contribution in [0.4, 0.5) is 0 Å². The molecule has 1 unspecified atom stereocenters. The van der Waals surface area contributed by atoms with Gasteiger partial charge in [0.2, 0.25) is 0 Å². The minimum atomic E-state index is 0.317. The second-order valence-corrected chi connectivity index (χ2v) is 2.46. The Hall–Kier alpha value is -0.160. The lowest BCUT2D eigenvalue weighted by molar-refractivity contribution is 0.0665. The Bertz CT molecular complexity index is 80.8. The molecule has 0 saturated carbocycles. The smallest absolute Gasteiger partial charge is 0.0700 e. The van der Waals surface area contributed by atoms with Gasteiger partial charge in [-0.25, -0.2) is 0 Å². The summed E-state index contributed by atoms with van der Waals surface area (Å²) in [4.78, 5) is 0. The lowest BCUT2D eigenvalue weighted by Gasteiger charge is -2.09. The number of hydrazine groups is 1. The molecule has 0 amide bonds. The molecule has 4 nitrogen and oxygen atoms in total. The maximum Gasteiger partial charge on any atom is 0.0700 e. The van der Waals surface area contributed by atoms with Crippen LogP contribution in [-0.2, 0) is 9.47 Å². The molecule has 0 fully saturated rings. The summed E-state index contributed by atoms with van der Waals surface area (Å²) in [7, 11) is 1.66. The lowest BCUT2D eigenvalue weighted by atomic mass is 10.3. The van der Waals surface area contributed by atoms with Crippen LogP contribution in [0.25, 0.3) is 0 Å². The molecule has 0 rings (SSSR count). The zero-order valence-corrected chi connectivity index (χ0v) is 7.30. The minimum absolute atomic E-state index is 0.317. The molecule has 11 heavy (non-hydrogen) atoms. The predicted molar refractivity (Wildman–Crippen MR) is 44.1 cm³/mol. The van der Waals surface area contributed by atoms with Crippen LogP contribution in [0.2, 0.25) is 0 Å². The second-order valence-electron chi connectivity index (χ2n) is 2.46. The number of ether oxygens (including phenoxy) is 2. The van der Waals surface area contributed by atoms with Gasteiger partial charge in [0.05, 0.1) is 13.2 Å². The highest BCUT2D eigenvalue weighted by atomic mass is 16.5. The number of rotatable bonds is 7. The highest BCUT2D eigenvalue weighted by Gasteiger charge is 1.96. The molecule has 1 atom stereocenters. The van der Waals surface area contributed by atoms with Gasteiger partial charge in [0.25, 0.3) is 0 Å². The van der Waals surface area contributed by atoms with Crippen LogP contribution in [0.15, 0.2) is 0 Å². The van der Waals surface area contributed by atoms with E-state index in [0.29, 0.717) is 19.3 Å². The van der Waals surface area contributed by atoms with E-state index in [0.717, 1.165) is 13.0 Å². The average molecular weight is 162 g/mol. The van der Waals surface area contributed by atoms with Crippen molar-refractivity contribution in [3.8, 4) is 0 Å². The summed E-state index contributed by atoms with van der Waals surface area (Å²) in [5.41, 5.74) is 2.64. The Morgan fingerprint density at radius 2 is 2.09 bits per heavy atom. The molecule has 0 aromatic rings. The Labute approximate surface area is 68.0 Å². The van der Waals surface area contributed by atoms with E-state index < -0.39 is 0 Å². The first kappa shape index (κ1) is 10.8. The number of nitrogens with two attached hydrogens (primary N) is 1. The van der Waals surface area contributed by atoms with Crippen LogP contribution in [0.1, 0.15) is 13.3 Å². The van der Waals surface area contributed by atoms with Crippen LogP contribution >= 0.6 is 0 Å². The topological polar surface area (TPSA) is 56.5 Å². The molecular formula is C7H18N2O2. The van der Waals surface area contributed by atoms with Gasteiger partial charge in [0.15, 0.2) is 0 Å². The van der Waals surface area contributed by atoms with E-state index in [1.54, 1.807) is 7.11 Å². The monoisotopic (exact) mass is 162 g/mol. The maximum absolute atomic E-state index is 5.23. The number of hydrogen-bond acceptors (Lipinski definition) is 4. The molecule has 0 radical (unpaired) electrons. The van der Waals surface area contributed by atoms with E-state index in [9.17, 15) is 0 Å². The van der Waals surface area contributed by atoms with Gasteiger partial charge in [-0.1, -0.05) is 0 Å². The molecular weight excluding hydrogens is 144 g/mol. The third-order valence-corrected chi connectivity index (χ3v) is 1.41. The van der Waals surface area contributed by atoms with E-state index in [1.165, 1.54) is 0 Å². The molecule has 0 aromatic heterocycles. The molecule has 4 heteroatoms. The normalized spacial score (nSPS) is 13.4. The van der Waals surface area contributed by atoms with Crippen LogP contribution in [0.3, 0.4) is 0 Å². The summed E-state index contributed by atoms with van der Waals surface area (Å²) in [5, 5.41) is 0. The Morgan fingerprint density at radius 3 is 2.64 bits per heavy atom. The molecule has 3 N–H and O–H groups in total. The summed E-state index contributed by atoms with van der Waals surface area (Å²) in [5.74, 6) is 5.18. The molecule has 0 aliphatic rings. The third kappa shape index (κ3) is 7.74. The van der Waals surface area contributed by atoms with Crippen molar-refractivity contribution in [3.05, 3.63) is 0 Å². The van der Waals surface area contributed by atoms with E-state index >= 15 is 0 Å². The molecule has 0 aliphatic heterocycles. The zero-order valence-electron chi connectivity index (χ0n) is 7.30. The fourth-order valence-corrected chi connectivity index (χ4v) is 0.588. The number of methoxy groups -OCH3 is 1. The van der Waals surface area contributed by atoms with Gasteiger partial charge in [-0.05, 0) is 13.3 Å². The first-order valence-electron chi connectivity index (χ1n) is 3.84. The van der Waals surface area contributed by atoms with Crippen molar-refractivity contribution in [1.29, 1.82) is 0 Å². The standard InChI is InChI=1S/C7H18N2O2/c1-7(9-8)3-4-11-6-5-10-2/h7,9H,3-6,8H2,1-2H3. The Morgan fingerprint density at radius 1 is 1.36 bits per heavy atom. The van der Waals surface area contributed by atoms with E-state index in [2.05, 4.69) is 5.43 Å². The summed E-state index contributed by atoms with van der Waals surface area (Å²) in [6, 6.07) is 0.317. The van der Waals surface area contributed by atoms with Crippen molar-refractivity contribution in [2.45, 2.75) is 19.4 Å². The molecule has 0 spiro atoms. The SMILES string of the molecule is COCCOCCC(C)NN. The highest BCUT2D eigenvalue weighted by Crippen LogP contribution is 1.88. The van der Waals surface area contributed by atoms with E-state index in [4.69, 9.17) is 15.3 Å². The average Bonchev–Trinajstić information content (AvgIpc) is 2.04. The van der Waals surface area contributed by atoms with Gasteiger partial charge in [-0.3, -0.25) is 11.3 Å². The predicted octanol–water partition coefficient (Wildman–Crippen LogP) is -0.109. The van der Waals surface area contributed by atoms with Crippen LogP contribution in [0, 0.1) is 0 Å². The van der Waals surface area contributed by atoms with Crippen molar-refractivity contribution < 1.29 is 9.47 Å². The Kier molecular flexibility index (Phi) is 7.83. The number of hydrogen-bond donors (Lipinski definition) is 2. The van der Waals surface area contributed by atoms with E-state index in [-0.39, 0.29) is 0 Å². The summed E-state index contributed by atoms with van der Waals surface area (Å²) >= 11 is 0. The van der Waals surface area contributed by atoms with Gasteiger partial charge >= 0.3 is 0 Å². The second kappa shape index (κ2) is 7.94. The first-order valence-corrected chi connectivity index (χ1v) is 3.84. The van der Waals surface area contributed by atoms with Gasteiger partial charge in [-0.2, -0.15) is 0 Å². The van der Waals surface area contributed by atoms with Crippen molar-refractivity contribution in [2.24, 2.45) is 5.84 Å². The van der Waals surface area contributed by atoms with Gasteiger partial charge in [0.1, 0.15) is 0 Å². The van der Waals surface area contributed by atoms with Gasteiger partial charge < -0.3 is 9.47 Å². The highest BCUT2D eigenvalue weighted by molar-refractivity contribution is 4.53. The van der Waals surface area contributed by atoms with Gasteiger partial charge in [-0.15, -0.1) is 0 Å². The third-order valence-electron chi connectivity index (χ3n) is 1.41. The van der Waals surface area contributed by atoms with Crippen LogP contribution in [-0.4, -0.2) is 33.0 Å². The molecule has 0 bridgehead atoms. The minimum Gasteiger partial charge on any atom is -0.382 e. The van der Waals surface area contributed by atoms with Crippen molar-refractivity contribution >= 4 is 0 Å². The summed E-state index contributed by atoms with van der Waals surface area (Å²) in [6.45, 7) is 4.06. The van der Waals surface area contributed by atoms with Crippen molar-refractivity contribution in [2.75, 3.05) is 26.9 Å². The quantitative estimate of drug-likeness (QED) is 0.311. The van der Waals surface area contributed by atoms with Crippen molar-refractivity contribution in [1.82, 2.24) is 5.43 Å². The van der Waals surface area contributed by atoms with E-state index in [1.807, 2.05) is 6.92 Å². The summed E-state index contributed by atoms with van der Waals surface area (Å²) in [6.07, 6.45) is 0.931. The largest absolute Gasteiger partial charge is 0.382 e. The molecule has 68 valence electrons.